The predicted octanol–water partition coefficient (Wildman–Crippen LogP) is 6.18. The maximum atomic E-state index is 13.1. The van der Waals surface area contributed by atoms with Gasteiger partial charge in [-0.2, -0.15) is 0 Å². The topological polar surface area (TPSA) is 53.0 Å². The van der Waals surface area contributed by atoms with Gasteiger partial charge in [-0.25, -0.2) is 0 Å². The maximum absolute atomic E-state index is 13.1. The Morgan fingerprint density at radius 3 is 1.63 bits per heavy atom. The third kappa shape index (κ3) is 4.99. The van der Waals surface area contributed by atoms with Crippen molar-refractivity contribution in [3.8, 4) is 0 Å². The van der Waals surface area contributed by atoms with E-state index in [0.717, 1.165) is 15.9 Å². The van der Waals surface area contributed by atoms with Gasteiger partial charge in [0.1, 0.15) is 15.9 Å². The molecule has 4 rings (SSSR count). The first-order valence-corrected chi connectivity index (χ1v) is 13.6. The fourth-order valence-corrected chi connectivity index (χ4v) is 9.09. The smallest absolute Gasteiger partial charge is 0.257 e. The monoisotopic (exact) mass is 533 g/mol. The highest BCUT2D eigenvalue weighted by molar-refractivity contribution is 8.01. The van der Waals surface area contributed by atoms with E-state index in [1.165, 1.54) is 6.07 Å². The van der Waals surface area contributed by atoms with Crippen molar-refractivity contribution in [3.63, 3.8) is 0 Å². The lowest BCUT2D eigenvalue weighted by atomic mass is 10.2. The van der Waals surface area contributed by atoms with Gasteiger partial charge in [0.05, 0.1) is 10.6 Å². The van der Waals surface area contributed by atoms with Crippen LogP contribution in [0.3, 0.4) is 0 Å². The minimum atomic E-state index is -2.68. The van der Waals surface area contributed by atoms with Gasteiger partial charge in [-0.05, 0) is 54.6 Å². The van der Waals surface area contributed by atoms with Crippen molar-refractivity contribution in [1.82, 2.24) is 5.32 Å². The van der Waals surface area contributed by atoms with E-state index in [-0.39, 0.29) is 15.6 Å². The van der Waals surface area contributed by atoms with Gasteiger partial charge in [-0.3, -0.25) is 10.2 Å². The molecule has 172 valence electrons. The van der Waals surface area contributed by atoms with Crippen LogP contribution in [0.15, 0.2) is 115 Å². The van der Waals surface area contributed by atoms with Crippen LogP contribution < -0.4 is 21.2 Å². The standard InChI is InChI=1S/C28H19Cl2N2OPS/c29-20-16-17-24(25(30)18-20)27(33)32-28(35)26(19-31)34(21-10-4-1-5-11-21,22-12-6-2-7-13-22)23-14-8-3-9-15-23/h1-18,31H/p+1. The first-order valence-electron chi connectivity index (χ1n) is 10.7. The zero-order chi connectivity index (χ0) is 24.8. The predicted molar refractivity (Wildman–Crippen MR) is 153 cm³/mol. The molecule has 1 amide bonds. The first kappa shape index (κ1) is 25.0. The second kappa shape index (κ2) is 11.1. The molecule has 4 aromatic carbocycles. The molecule has 0 saturated heterocycles. The number of rotatable bonds is 6. The summed E-state index contributed by atoms with van der Waals surface area (Å²) in [7, 11) is -2.68. The number of carbonyl (C=O) groups excluding carboxylic acids is 1. The number of benzene rings is 4. The van der Waals surface area contributed by atoms with E-state index in [0.29, 0.717) is 10.3 Å². The van der Waals surface area contributed by atoms with E-state index in [1.54, 1.807) is 12.1 Å². The van der Waals surface area contributed by atoms with E-state index >= 15 is 0 Å². The van der Waals surface area contributed by atoms with E-state index in [2.05, 4.69) is 11.2 Å². The second-order valence-electron chi connectivity index (χ2n) is 7.56. The van der Waals surface area contributed by atoms with Crippen molar-refractivity contribution in [2.75, 3.05) is 0 Å². The Morgan fingerprint density at radius 2 is 1.23 bits per heavy atom. The molecule has 35 heavy (non-hydrogen) atoms. The third-order valence-electron chi connectivity index (χ3n) is 5.50. The summed E-state index contributed by atoms with van der Waals surface area (Å²) in [6.07, 6.45) is 0. The minimum Gasteiger partial charge on any atom is -0.309 e. The molecule has 0 fully saturated rings. The summed E-state index contributed by atoms with van der Waals surface area (Å²) in [6, 6.07) is 34.5. The fourth-order valence-electron chi connectivity index (χ4n) is 3.99. The van der Waals surface area contributed by atoms with Gasteiger partial charge in [0.25, 0.3) is 5.91 Å². The van der Waals surface area contributed by atoms with Crippen LogP contribution in [-0.4, -0.2) is 16.8 Å². The van der Waals surface area contributed by atoms with Crippen molar-refractivity contribution in [2.45, 2.75) is 0 Å². The van der Waals surface area contributed by atoms with Crippen LogP contribution >= 0.6 is 42.7 Å². The van der Waals surface area contributed by atoms with Crippen LogP contribution in [0.5, 0.6) is 0 Å². The summed E-state index contributed by atoms with van der Waals surface area (Å²) in [4.78, 5) is 13.3. The molecule has 2 N–H and O–H groups in total. The van der Waals surface area contributed by atoms with E-state index in [4.69, 9.17) is 40.8 Å². The van der Waals surface area contributed by atoms with Gasteiger partial charge in [-0.1, -0.05) is 90.0 Å². The van der Waals surface area contributed by atoms with Gasteiger partial charge in [0.2, 0.25) is 5.31 Å². The highest BCUT2D eigenvalue weighted by atomic mass is 35.5. The molecule has 3 nitrogen and oxygen atoms in total. The Morgan fingerprint density at radius 1 is 0.771 bits per heavy atom. The molecule has 0 bridgehead atoms. The molecule has 0 saturated carbocycles. The Balaban J connectivity index is 1.90. The SMILES string of the molecule is N=C=C(C(=S)NC(=O)c1ccc(Cl)cc1Cl)[P+](c1ccccc1)(c1ccccc1)c1ccccc1. The lowest BCUT2D eigenvalue weighted by Gasteiger charge is -2.28. The molecule has 0 atom stereocenters. The molecule has 4 aromatic rings. The van der Waals surface area contributed by atoms with E-state index in [9.17, 15) is 4.79 Å². The average Bonchev–Trinajstić information content (AvgIpc) is 2.88. The number of halogens is 2. The normalized spacial score (nSPS) is 10.8. The number of carbonyl (C=O) groups is 1. The Hall–Kier alpha value is -3.10. The maximum Gasteiger partial charge on any atom is 0.257 e. The van der Waals surface area contributed by atoms with Crippen LogP contribution in [0.2, 0.25) is 10.0 Å². The fraction of sp³-hybridized carbons (Fsp3) is 0. The van der Waals surface area contributed by atoms with Crippen molar-refractivity contribution in [1.29, 1.82) is 5.41 Å². The quantitative estimate of drug-likeness (QED) is 0.134. The summed E-state index contributed by atoms with van der Waals surface area (Å²) < 4.78 is 0. The lowest BCUT2D eigenvalue weighted by molar-refractivity contribution is 0.0978. The number of thiocarbonyl (C=S) groups is 1. The van der Waals surface area contributed by atoms with Crippen molar-refractivity contribution in [3.05, 3.63) is 130 Å². The zero-order valence-corrected chi connectivity index (χ0v) is 21.6. The molecule has 0 radical (unpaired) electrons. The molecule has 0 unspecified atom stereocenters. The Labute approximate surface area is 220 Å². The van der Waals surface area contributed by atoms with Crippen molar-refractivity contribution >= 4 is 75.4 Å². The summed E-state index contributed by atoms with van der Waals surface area (Å²) in [5, 5.41) is 15.2. The highest BCUT2D eigenvalue weighted by Crippen LogP contribution is 2.61. The van der Waals surface area contributed by atoms with Gasteiger partial charge < -0.3 is 5.32 Å². The van der Waals surface area contributed by atoms with Crippen molar-refractivity contribution in [2.24, 2.45) is 0 Å². The van der Waals surface area contributed by atoms with E-state index < -0.39 is 13.2 Å². The van der Waals surface area contributed by atoms with Crippen LogP contribution in [-0.2, 0) is 0 Å². The molecule has 0 aliphatic heterocycles. The zero-order valence-electron chi connectivity index (χ0n) is 18.4. The molecule has 0 aromatic heterocycles. The number of hydrogen-bond acceptors (Lipinski definition) is 3. The minimum absolute atomic E-state index is 0.126. The summed E-state index contributed by atoms with van der Waals surface area (Å²) in [5.41, 5.74) is 0.241. The van der Waals surface area contributed by atoms with Gasteiger partial charge in [-0.15, -0.1) is 0 Å². The lowest BCUT2D eigenvalue weighted by Crippen LogP contribution is -2.39. The molecular formula is C28H20Cl2N2OPS+. The van der Waals surface area contributed by atoms with Crippen molar-refractivity contribution < 1.29 is 4.79 Å². The average molecular weight is 534 g/mol. The highest BCUT2D eigenvalue weighted by Gasteiger charge is 2.52. The Kier molecular flexibility index (Phi) is 7.93. The van der Waals surface area contributed by atoms with E-state index in [1.807, 2.05) is 91.0 Å². The van der Waals surface area contributed by atoms with Crippen LogP contribution in [0.25, 0.3) is 0 Å². The summed E-state index contributed by atoms with van der Waals surface area (Å²) in [5.74, 6) is 2.15. The molecular weight excluding hydrogens is 514 g/mol. The molecule has 7 heteroatoms. The summed E-state index contributed by atoms with van der Waals surface area (Å²) >= 11 is 18.0. The van der Waals surface area contributed by atoms with Gasteiger partial charge >= 0.3 is 0 Å². The first-order chi connectivity index (χ1) is 17.0. The number of nitrogens with one attached hydrogen (secondary N) is 2. The molecule has 0 heterocycles. The second-order valence-corrected chi connectivity index (χ2v) is 12.1. The van der Waals surface area contributed by atoms with Gasteiger partial charge in [0, 0.05) is 10.9 Å². The Bertz CT molecular complexity index is 1330. The third-order valence-corrected chi connectivity index (χ3v) is 10.7. The van der Waals surface area contributed by atoms with Crippen LogP contribution in [0.1, 0.15) is 10.4 Å². The number of hydrogen-bond donors (Lipinski definition) is 2. The number of amides is 1. The largest absolute Gasteiger partial charge is 0.309 e. The molecule has 0 spiro atoms. The van der Waals surface area contributed by atoms with Crippen LogP contribution in [0, 0.1) is 5.41 Å². The van der Waals surface area contributed by atoms with Gasteiger partial charge in [0.15, 0.2) is 12.3 Å². The molecule has 0 aliphatic rings. The van der Waals surface area contributed by atoms with Crippen LogP contribution in [0.4, 0.5) is 0 Å². The summed E-state index contributed by atoms with van der Waals surface area (Å²) in [6.45, 7) is 0. The molecule has 0 aliphatic carbocycles.